The predicted octanol–water partition coefficient (Wildman–Crippen LogP) is 1.73. The van der Waals surface area contributed by atoms with Crippen LogP contribution in [0.3, 0.4) is 0 Å². The molecule has 1 atom stereocenters. The highest BCUT2D eigenvalue weighted by Crippen LogP contribution is 2.24. The SMILES string of the molecule is Nc1cnc(OCC2CCOC2)c(Cl)c1. The number of pyridine rings is 1. The highest BCUT2D eigenvalue weighted by molar-refractivity contribution is 6.32. The Kier molecular flexibility index (Phi) is 3.28. The summed E-state index contributed by atoms with van der Waals surface area (Å²) in [6.07, 6.45) is 2.57. The number of anilines is 1. The van der Waals surface area contributed by atoms with Gasteiger partial charge in [-0.15, -0.1) is 0 Å². The minimum absolute atomic E-state index is 0.442. The molecule has 1 aromatic rings. The van der Waals surface area contributed by atoms with Crippen molar-refractivity contribution in [2.75, 3.05) is 25.6 Å². The van der Waals surface area contributed by atoms with Crippen LogP contribution in [0.2, 0.25) is 5.02 Å². The summed E-state index contributed by atoms with van der Waals surface area (Å²) in [5.41, 5.74) is 6.06. The Balaban J connectivity index is 1.92. The largest absolute Gasteiger partial charge is 0.476 e. The zero-order chi connectivity index (χ0) is 10.7. The summed E-state index contributed by atoms with van der Waals surface area (Å²) < 4.78 is 10.7. The van der Waals surface area contributed by atoms with Crippen molar-refractivity contribution in [1.29, 1.82) is 0 Å². The van der Waals surface area contributed by atoms with Crippen LogP contribution in [0, 0.1) is 5.92 Å². The molecule has 1 saturated heterocycles. The van der Waals surface area contributed by atoms with E-state index >= 15 is 0 Å². The van der Waals surface area contributed by atoms with Crippen molar-refractivity contribution in [3.05, 3.63) is 17.3 Å². The molecule has 0 saturated carbocycles. The summed E-state index contributed by atoms with van der Waals surface area (Å²) in [7, 11) is 0. The fourth-order valence-corrected chi connectivity index (χ4v) is 1.69. The number of rotatable bonds is 3. The van der Waals surface area contributed by atoms with E-state index in [9.17, 15) is 0 Å². The van der Waals surface area contributed by atoms with Gasteiger partial charge in [-0.2, -0.15) is 0 Å². The normalized spacial score (nSPS) is 20.5. The Morgan fingerprint density at radius 2 is 2.53 bits per heavy atom. The van der Waals surface area contributed by atoms with Gasteiger partial charge in [0.2, 0.25) is 5.88 Å². The van der Waals surface area contributed by atoms with Crippen molar-refractivity contribution < 1.29 is 9.47 Å². The van der Waals surface area contributed by atoms with Crippen molar-refractivity contribution in [2.45, 2.75) is 6.42 Å². The van der Waals surface area contributed by atoms with Crippen LogP contribution in [0.15, 0.2) is 12.3 Å². The summed E-state index contributed by atoms with van der Waals surface area (Å²) in [6, 6.07) is 1.63. The van der Waals surface area contributed by atoms with Crippen LogP contribution in [0.1, 0.15) is 6.42 Å². The van der Waals surface area contributed by atoms with E-state index in [0.717, 1.165) is 19.6 Å². The lowest BCUT2D eigenvalue weighted by atomic mass is 10.1. The monoisotopic (exact) mass is 228 g/mol. The third kappa shape index (κ3) is 2.73. The number of nitrogen functional groups attached to an aromatic ring is 1. The number of ether oxygens (including phenoxy) is 2. The van der Waals surface area contributed by atoms with Gasteiger partial charge in [-0.25, -0.2) is 4.98 Å². The average Bonchev–Trinajstić information content (AvgIpc) is 2.69. The van der Waals surface area contributed by atoms with Gasteiger partial charge >= 0.3 is 0 Å². The highest BCUT2D eigenvalue weighted by atomic mass is 35.5. The van der Waals surface area contributed by atoms with Crippen molar-refractivity contribution in [2.24, 2.45) is 5.92 Å². The summed E-state index contributed by atoms with van der Waals surface area (Å²) in [6.45, 7) is 2.17. The topological polar surface area (TPSA) is 57.4 Å². The Bertz CT molecular complexity index is 340. The van der Waals surface area contributed by atoms with Gasteiger partial charge in [0.05, 0.1) is 25.1 Å². The molecule has 15 heavy (non-hydrogen) atoms. The molecule has 1 unspecified atom stereocenters. The second kappa shape index (κ2) is 4.68. The third-order valence-corrected chi connectivity index (χ3v) is 2.58. The molecule has 1 aliphatic heterocycles. The molecule has 1 aromatic heterocycles. The highest BCUT2D eigenvalue weighted by Gasteiger charge is 2.17. The van der Waals surface area contributed by atoms with Gasteiger partial charge in [-0.05, 0) is 12.5 Å². The van der Waals surface area contributed by atoms with Crippen LogP contribution in [0.4, 0.5) is 5.69 Å². The van der Waals surface area contributed by atoms with E-state index in [1.807, 2.05) is 0 Å². The lowest BCUT2D eigenvalue weighted by Crippen LogP contribution is -2.12. The van der Waals surface area contributed by atoms with Gasteiger partial charge in [-0.3, -0.25) is 0 Å². The fourth-order valence-electron chi connectivity index (χ4n) is 1.46. The smallest absolute Gasteiger partial charge is 0.232 e. The quantitative estimate of drug-likeness (QED) is 0.856. The molecule has 2 N–H and O–H groups in total. The summed E-state index contributed by atoms with van der Waals surface area (Å²) in [5, 5.41) is 0.453. The van der Waals surface area contributed by atoms with Gasteiger partial charge < -0.3 is 15.2 Å². The first-order chi connectivity index (χ1) is 7.25. The van der Waals surface area contributed by atoms with E-state index in [4.69, 9.17) is 26.8 Å². The number of hydrogen-bond acceptors (Lipinski definition) is 4. The zero-order valence-electron chi connectivity index (χ0n) is 8.28. The van der Waals surface area contributed by atoms with E-state index in [1.165, 1.54) is 6.20 Å². The molecule has 82 valence electrons. The summed E-state index contributed by atoms with van der Waals surface area (Å²) in [4.78, 5) is 4.02. The molecule has 1 fully saturated rings. The van der Waals surface area contributed by atoms with Crippen molar-refractivity contribution in [3.8, 4) is 5.88 Å². The number of halogens is 1. The van der Waals surface area contributed by atoms with E-state index in [0.29, 0.717) is 29.1 Å². The van der Waals surface area contributed by atoms with Crippen LogP contribution in [-0.2, 0) is 4.74 Å². The first-order valence-electron chi connectivity index (χ1n) is 4.87. The van der Waals surface area contributed by atoms with E-state index in [2.05, 4.69) is 4.98 Å². The number of aromatic nitrogens is 1. The third-order valence-electron chi connectivity index (χ3n) is 2.31. The van der Waals surface area contributed by atoms with E-state index < -0.39 is 0 Å². The van der Waals surface area contributed by atoms with Crippen LogP contribution in [-0.4, -0.2) is 24.8 Å². The summed E-state index contributed by atoms with van der Waals surface area (Å²) in [5.74, 6) is 0.887. The molecule has 0 aliphatic carbocycles. The lowest BCUT2D eigenvalue weighted by molar-refractivity contribution is 0.165. The minimum Gasteiger partial charge on any atom is -0.476 e. The first-order valence-corrected chi connectivity index (χ1v) is 5.25. The van der Waals surface area contributed by atoms with Gasteiger partial charge in [-0.1, -0.05) is 11.6 Å². The Hall–Kier alpha value is -1.00. The van der Waals surface area contributed by atoms with Crippen LogP contribution in [0.25, 0.3) is 0 Å². The molecule has 2 rings (SSSR count). The summed E-state index contributed by atoms with van der Waals surface area (Å²) >= 11 is 5.92. The minimum atomic E-state index is 0.442. The van der Waals surface area contributed by atoms with Gasteiger partial charge in [0.1, 0.15) is 5.02 Å². The Morgan fingerprint density at radius 1 is 1.67 bits per heavy atom. The molecule has 1 aliphatic rings. The van der Waals surface area contributed by atoms with Gasteiger partial charge in [0, 0.05) is 12.5 Å². The molecular formula is C10H13ClN2O2. The van der Waals surface area contributed by atoms with E-state index in [1.54, 1.807) is 6.07 Å². The molecule has 0 amide bonds. The molecular weight excluding hydrogens is 216 g/mol. The number of hydrogen-bond donors (Lipinski definition) is 1. The number of nitrogens with two attached hydrogens (primary N) is 1. The molecule has 0 radical (unpaired) electrons. The molecule has 0 aromatic carbocycles. The lowest BCUT2D eigenvalue weighted by Gasteiger charge is -2.10. The Labute approximate surface area is 93.3 Å². The van der Waals surface area contributed by atoms with Gasteiger partial charge in [0.25, 0.3) is 0 Å². The number of nitrogens with zero attached hydrogens (tertiary/aromatic N) is 1. The molecule has 4 nitrogen and oxygen atoms in total. The van der Waals surface area contributed by atoms with E-state index in [-0.39, 0.29) is 0 Å². The second-order valence-electron chi connectivity index (χ2n) is 3.60. The fraction of sp³-hybridized carbons (Fsp3) is 0.500. The maximum absolute atomic E-state index is 5.92. The van der Waals surface area contributed by atoms with Crippen LogP contribution >= 0.6 is 11.6 Å². The Morgan fingerprint density at radius 3 is 3.20 bits per heavy atom. The van der Waals surface area contributed by atoms with Gasteiger partial charge in [0.15, 0.2) is 0 Å². The maximum Gasteiger partial charge on any atom is 0.232 e. The van der Waals surface area contributed by atoms with Crippen LogP contribution < -0.4 is 10.5 Å². The molecule has 0 spiro atoms. The van der Waals surface area contributed by atoms with Crippen molar-refractivity contribution in [1.82, 2.24) is 4.98 Å². The van der Waals surface area contributed by atoms with Crippen molar-refractivity contribution >= 4 is 17.3 Å². The molecule has 5 heteroatoms. The predicted molar refractivity (Wildman–Crippen MR) is 58.1 cm³/mol. The molecule has 0 bridgehead atoms. The molecule has 2 heterocycles. The van der Waals surface area contributed by atoms with Crippen molar-refractivity contribution in [3.63, 3.8) is 0 Å². The van der Waals surface area contributed by atoms with Crippen LogP contribution in [0.5, 0.6) is 5.88 Å². The first kappa shape index (κ1) is 10.5. The second-order valence-corrected chi connectivity index (χ2v) is 4.00. The zero-order valence-corrected chi connectivity index (χ0v) is 9.04. The standard InChI is InChI=1S/C10H13ClN2O2/c11-9-3-8(12)4-13-10(9)15-6-7-1-2-14-5-7/h3-4,7H,1-2,5-6,12H2. The maximum atomic E-state index is 5.92. The average molecular weight is 229 g/mol.